The summed E-state index contributed by atoms with van der Waals surface area (Å²) in [5, 5.41) is 21.7. The Kier molecular flexibility index (Phi) is 8.65. The maximum Gasteiger partial charge on any atom is 0.355 e. The summed E-state index contributed by atoms with van der Waals surface area (Å²) in [4.78, 5) is 16.1. The third kappa shape index (κ3) is 6.32. The van der Waals surface area contributed by atoms with Gasteiger partial charge in [0.25, 0.3) is 0 Å². The molecule has 0 aliphatic heterocycles. The first-order valence-corrected chi connectivity index (χ1v) is 15.6. The van der Waals surface area contributed by atoms with Crippen LogP contribution in [0.1, 0.15) is 45.7 Å². The van der Waals surface area contributed by atoms with E-state index >= 15 is 8.78 Å². The number of nitrogens with two attached hydrogens (primary N) is 1. The van der Waals surface area contributed by atoms with Crippen molar-refractivity contribution >= 4 is 28.3 Å². The summed E-state index contributed by atoms with van der Waals surface area (Å²) in [6.07, 6.45) is 2.88. The fourth-order valence-corrected chi connectivity index (χ4v) is 6.19. The Morgan fingerprint density at radius 3 is 2.42 bits per heavy atom. The maximum atomic E-state index is 15.3. The van der Waals surface area contributed by atoms with Crippen LogP contribution < -0.4 is 5.14 Å². The first kappa shape index (κ1) is 30.4. The van der Waals surface area contributed by atoms with Gasteiger partial charge in [0.2, 0.25) is 5.13 Å². The number of aromatic nitrogens is 3. The number of carboxylic acid groups (broad SMARTS) is 1. The molecule has 1 fully saturated rings. The average molecular weight is 623 g/mol. The Labute approximate surface area is 252 Å². The van der Waals surface area contributed by atoms with Crippen LogP contribution in [0.2, 0.25) is 0 Å². The van der Waals surface area contributed by atoms with E-state index in [2.05, 4.69) is 4.98 Å². The fraction of sp³-hybridized carbons (Fsp3) is 0.194. The molecule has 1 unspecified atom stereocenters. The topological polar surface area (TPSA) is 141 Å². The molecule has 5 aromatic rings. The molecule has 6 rings (SSSR count). The van der Waals surface area contributed by atoms with Crippen LogP contribution in [0.4, 0.5) is 8.78 Å². The Morgan fingerprint density at radius 1 is 1.07 bits per heavy atom. The van der Waals surface area contributed by atoms with Gasteiger partial charge in [0.05, 0.1) is 11.4 Å². The molecule has 0 amide bonds. The lowest BCUT2D eigenvalue weighted by Gasteiger charge is -2.11. The molecule has 1 aliphatic carbocycles. The van der Waals surface area contributed by atoms with Gasteiger partial charge in [-0.2, -0.15) is 5.10 Å². The summed E-state index contributed by atoms with van der Waals surface area (Å²) in [7, 11) is -2.19. The number of halogens is 2. The van der Waals surface area contributed by atoms with Crippen molar-refractivity contribution in [1.29, 1.82) is 0 Å². The SMILES string of the molecule is Cc1ccc(-c2cc(-c3nn(-c4nc(C(=O)O)cs4)c(CC4CC4)c3Cc3ccc([SH+](N)=O)cc3F)ccc2F)cc1.[OH-]. The van der Waals surface area contributed by atoms with Crippen molar-refractivity contribution in [1.82, 2.24) is 14.8 Å². The molecular formula is C31H28F2N4O4S2. The summed E-state index contributed by atoms with van der Waals surface area (Å²) in [6, 6.07) is 16.6. The molecule has 2 heterocycles. The zero-order valence-corrected chi connectivity index (χ0v) is 24.7. The Bertz CT molecular complexity index is 1850. The normalized spacial score (nSPS) is 13.5. The number of aromatic carboxylic acids is 1. The first-order chi connectivity index (χ1) is 20.2. The van der Waals surface area contributed by atoms with Crippen molar-refractivity contribution < 1.29 is 28.4 Å². The smallest absolute Gasteiger partial charge is 0.355 e. The lowest BCUT2D eigenvalue weighted by molar-refractivity contribution is 0.0691. The molecule has 3 aromatic carbocycles. The lowest BCUT2D eigenvalue weighted by atomic mass is 9.94. The van der Waals surface area contributed by atoms with E-state index in [-0.39, 0.29) is 28.3 Å². The third-order valence-corrected chi connectivity index (χ3v) is 9.03. The predicted octanol–water partition coefficient (Wildman–Crippen LogP) is 6.24. The summed E-state index contributed by atoms with van der Waals surface area (Å²) in [5.41, 5.74) is 5.13. The molecule has 2 aromatic heterocycles. The highest BCUT2D eigenvalue weighted by Gasteiger charge is 2.30. The van der Waals surface area contributed by atoms with Gasteiger partial charge in [-0.1, -0.05) is 40.1 Å². The summed E-state index contributed by atoms with van der Waals surface area (Å²) in [6.45, 7) is 1.96. The van der Waals surface area contributed by atoms with Crippen molar-refractivity contribution in [2.24, 2.45) is 11.1 Å². The van der Waals surface area contributed by atoms with Gasteiger partial charge in [-0.3, -0.25) is 0 Å². The number of nitrogens with zero attached hydrogens (tertiary/aromatic N) is 3. The zero-order valence-electron chi connectivity index (χ0n) is 23.0. The van der Waals surface area contributed by atoms with Crippen LogP contribution in [0, 0.1) is 24.5 Å². The van der Waals surface area contributed by atoms with Crippen molar-refractivity contribution in [3.05, 3.63) is 106 Å². The fourth-order valence-electron chi connectivity index (χ4n) is 4.96. The van der Waals surface area contributed by atoms with E-state index in [1.807, 2.05) is 31.2 Å². The van der Waals surface area contributed by atoms with Crippen LogP contribution in [-0.2, 0) is 28.0 Å². The molecule has 4 N–H and O–H groups in total. The van der Waals surface area contributed by atoms with Crippen molar-refractivity contribution in [2.45, 2.75) is 37.5 Å². The van der Waals surface area contributed by atoms with E-state index in [0.717, 1.165) is 41.0 Å². The monoisotopic (exact) mass is 622 g/mol. The number of rotatable bonds is 9. The molecule has 222 valence electrons. The molecule has 0 saturated heterocycles. The van der Waals surface area contributed by atoms with Gasteiger partial charge < -0.3 is 10.6 Å². The minimum Gasteiger partial charge on any atom is -0.870 e. The number of benzene rings is 3. The van der Waals surface area contributed by atoms with Crippen LogP contribution >= 0.6 is 11.3 Å². The molecule has 12 heteroatoms. The first-order valence-electron chi connectivity index (χ1n) is 13.3. The Hall–Kier alpha value is -4.10. The molecule has 1 saturated carbocycles. The summed E-state index contributed by atoms with van der Waals surface area (Å²) in [5.74, 6) is -1.66. The molecule has 43 heavy (non-hydrogen) atoms. The number of hydrogen-bond acceptors (Lipinski definition) is 6. The van der Waals surface area contributed by atoms with Gasteiger partial charge in [-0.15, -0.1) is 16.5 Å². The zero-order chi connectivity index (χ0) is 29.5. The molecule has 0 spiro atoms. The van der Waals surface area contributed by atoms with Crippen molar-refractivity contribution in [3.63, 3.8) is 0 Å². The second-order valence-electron chi connectivity index (χ2n) is 10.5. The van der Waals surface area contributed by atoms with Crippen LogP contribution in [0.3, 0.4) is 0 Å². The molecular weight excluding hydrogens is 594 g/mol. The summed E-state index contributed by atoms with van der Waals surface area (Å²) < 4.78 is 43.8. The van der Waals surface area contributed by atoms with E-state index in [1.165, 1.54) is 17.5 Å². The van der Waals surface area contributed by atoms with Crippen LogP contribution in [-0.4, -0.2) is 31.3 Å². The number of thiol groups is 1. The van der Waals surface area contributed by atoms with Crippen LogP contribution in [0.25, 0.3) is 27.5 Å². The standard InChI is InChI=1S/C31H26F2N4O3S2.H2O/c1-17-2-6-19(7-3-17)23-14-21(9-11-25(23)32)29-24(13-20-8-10-22(42(34)40)15-26(20)33)28(12-18-4-5-18)37(36-29)31-35-27(16-41-31)30(38)39;/h2-3,6-11,14-16,18H,4-5,12-13H2,1H3,(H2,34,40)(H,38,39);1H2. The van der Waals surface area contributed by atoms with Gasteiger partial charge in [-0.25, -0.2) is 23.2 Å². The number of aryl methyl sites for hydroxylation is 1. The number of carbonyl (C=O) groups is 1. The molecule has 0 radical (unpaired) electrons. The molecule has 1 atom stereocenters. The van der Waals surface area contributed by atoms with E-state index in [9.17, 15) is 14.1 Å². The quantitative estimate of drug-likeness (QED) is 0.147. The highest BCUT2D eigenvalue weighted by atomic mass is 32.2. The van der Waals surface area contributed by atoms with Gasteiger partial charge in [-0.05, 0) is 67.5 Å². The summed E-state index contributed by atoms with van der Waals surface area (Å²) >= 11 is 1.16. The Morgan fingerprint density at radius 2 is 1.79 bits per heavy atom. The predicted molar refractivity (Wildman–Crippen MR) is 161 cm³/mol. The second-order valence-corrected chi connectivity index (χ2v) is 12.5. The van der Waals surface area contributed by atoms with Gasteiger partial charge in [0.1, 0.15) is 11.6 Å². The van der Waals surface area contributed by atoms with Crippen molar-refractivity contribution in [3.8, 4) is 27.5 Å². The van der Waals surface area contributed by atoms with Crippen molar-refractivity contribution in [2.75, 3.05) is 0 Å². The molecule has 1 aliphatic rings. The molecule has 8 nitrogen and oxygen atoms in total. The van der Waals surface area contributed by atoms with E-state index in [4.69, 9.17) is 10.2 Å². The minimum atomic E-state index is -2.19. The number of carboxylic acids is 1. The highest BCUT2D eigenvalue weighted by Crippen LogP contribution is 2.39. The third-order valence-electron chi connectivity index (χ3n) is 7.42. The van der Waals surface area contributed by atoms with Gasteiger partial charge >= 0.3 is 5.97 Å². The van der Waals surface area contributed by atoms with Crippen LogP contribution in [0.5, 0.6) is 0 Å². The minimum absolute atomic E-state index is 0. The number of thiazole rings is 1. The largest absolute Gasteiger partial charge is 0.870 e. The van der Waals surface area contributed by atoms with E-state index in [1.54, 1.807) is 28.9 Å². The van der Waals surface area contributed by atoms with Gasteiger partial charge in [0.15, 0.2) is 21.6 Å². The highest BCUT2D eigenvalue weighted by molar-refractivity contribution is 7.82. The average Bonchev–Trinajstić information content (AvgIpc) is 3.52. The van der Waals surface area contributed by atoms with E-state index < -0.39 is 22.8 Å². The van der Waals surface area contributed by atoms with Gasteiger partial charge in [0, 0.05) is 34.6 Å². The Balaban J connectivity index is 0.00000368. The maximum absolute atomic E-state index is 15.3. The molecule has 0 bridgehead atoms. The lowest BCUT2D eigenvalue weighted by Crippen LogP contribution is -2.07. The number of hydrogen-bond donors (Lipinski definition) is 2. The van der Waals surface area contributed by atoms with Crippen LogP contribution in [0.15, 0.2) is 70.9 Å². The van der Waals surface area contributed by atoms with E-state index in [0.29, 0.717) is 45.4 Å². The second kappa shape index (κ2) is 12.3.